The molecular formula is C21H20FN3O2S. The van der Waals surface area contributed by atoms with Gasteiger partial charge in [0.05, 0.1) is 11.3 Å². The van der Waals surface area contributed by atoms with E-state index in [1.165, 1.54) is 35.0 Å². The second-order valence-electron chi connectivity index (χ2n) is 6.79. The first kappa shape index (κ1) is 18.7. The number of aryl methyl sites for hydroxylation is 1. The molecule has 0 aliphatic heterocycles. The molecule has 4 rings (SSSR count). The second-order valence-corrected chi connectivity index (χ2v) is 8.08. The van der Waals surface area contributed by atoms with Crippen LogP contribution in [0.25, 0.3) is 11.5 Å². The number of benzene rings is 2. The number of carbonyl (C=O) groups excluding carboxylic acids is 1. The average Bonchev–Trinajstić information content (AvgIpc) is 3.17. The SMILES string of the molecule is C[C@@H](Sc1nnc(-c2ccc(F)cc2)o1)C(=O)N[C@H]1CCCc2ccccc21. The fraction of sp³-hybridized carbons (Fsp3) is 0.286. The third-order valence-corrected chi connectivity index (χ3v) is 5.76. The van der Waals surface area contributed by atoms with Gasteiger partial charge in [0.25, 0.3) is 5.22 Å². The van der Waals surface area contributed by atoms with Crippen LogP contribution in [0.3, 0.4) is 0 Å². The maximum Gasteiger partial charge on any atom is 0.277 e. The van der Waals surface area contributed by atoms with E-state index in [9.17, 15) is 9.18 Å². The maximum atomic E-state index is 13.0. The summed E-state index contributed by atoms with van der Waals surface area (Å²) >= 11 is 1.21. The van der Waals surface area contributed by atoms with Crippen molar-refractivity contribution >= 4 is 17.7 Å². The average molecular weight is 397 g/mol. The van der Waals surface area contributed by atoms with Crippen LogP contribution < -0.4 is 5.32 Å². The fourth-order valence-corrected chi connectivity index (χ4v) is 4.06. The van der Waals surface area contributed by atoms with Gasteiger partial charge in [-0.2, -0.15) is 0 Å². The molecule has 3 aromatic rings. The molecule has 0 saturated carbocycles. The van der Waals surface area contributed by atoms with Crippen LogP contribution >= 0.6 is 11.8 Å². The lowest BCUT2D eigenvalue weighted by Crippen LogP contribution is -2.35. The van der Waals surface area contributed by atoms with Crippen molar-refractivity contribution in [1.82, 2.24) is 15.5 Å². The summed E-state index contributed by atoms with van der Waals surface area (Å²) in [5, 5.41) is 11.1. The highest BCUT2D eigenvalue weighted by Gasteiger charge is 2.25. The molecule has 28 heavy (non-hydrogen) atoms. The first-order valence-electron chi connectivity index (χ1n) is 9.24. The Morgan fingerprint density at radius 1 is 1.21 bits per heavy atom. The van der Waals surface area contributed by atoms with E-state index in [0.29, 0.717) is 16.7 Å². The van der Waals surface area contributed by atoms with Gasteiger partial charge in [0, 0.05) is 5.56 Å². The van der Waals surface area contributed by atoms with E-state index < -0.39 is 0 Å². The third-order valence-electron chi connectivity index (χ3n) is 4.83. The van der Waals surface area contributed by atoms with Gasteiger partial charge in [0.15, 0.2) is 0 Å². The van der Waals surface area contributed by atoms with Crippen LogP contribution in [0, 0.1) is 5.82 Å². The number of nitrogens with one attached hydrogen (secondary N) is 1. The molecule has 0 bridgehead atoms. The van der Waals surface area contributed by atoms with E-state index in [1.807, 2.05) is 19.1 Å². The number of thioether (sulfide) groups is 1. The van der Waals surface area contributed by atoms with Gasteiger partial charge in [-0.05, 0) is 61.6 Å². The lowest BCUT2D eigenvalue weighted by Gasteiger charge is -2.27. The predicted octanol–water partition coefficient (Wildman–Crippen LogP) is 4.55. The van der Waals surface area contributed by atoms with Crippen molar-refractivity contribution in [3.8, 4) is 11.5 Å². The van der Waals surface area contributed by atoms with Crippen molar-refractivity contribution in [3.63, 3.8) is 0 Å². The molecule has 0 fully saturated rings. The predicted molar refractivity (Wildman–Crippen MR) is 105 cm³/mol. The van der Waals surface area contributed by atoms with Crippen molar-refractivity contribution in [2.24, 2.45) is 0 Å². The highest BCUT2D eigenvalue weighted by molar-refractivity contribution is 8.00. The Labute approximate surface area is 166 Å². The Morgan fingerprint density at radius 3 is 2.82 bits per heavy atom. The Hall–Kier alpha value is -2.67. The maximum absolute atomic E-state index is 13.0. The number of carbonyl (C=O) groups is 1. The Morgan fingerprint density at radius 2 is 2.00 bits per heavy atom. The quantitative estimate of drug-likeness (QED) is 0.640. The number of rotatable bonds is 5. The monoisotopic (exact) mass is 397 g/mol. The van der Waals surface area contributed by atoms with Crippen molar-refractivity contribution < 1.29 is 13.6 Å². The van der Waals surface area contributed by atoms with Gasteiger partial charge in [0.1, 0.15) is 5.82 Å². The van der Waals surface area contributed by atoms with Gasteiger partial charge in [0.2, 0.25) is 11.8 Å². The van der Waals surface area contributed by atoms with Crippen LogP contribution in [0.5, 0.6) is 0 Å². The Kier molecular flexibility index (Phi) is 5.43. The third kappa shape index (κ3) is 4.09. The molecule has 0 saturated heterocycles. The summed E-state index contributed by atoms with van der Waals surface area (Å²) in [7, 11) is 0. The van der Waals surface area contributed by atoms with Crippen LogP contribution in [-0.4, -0.2) is 21.4 Å². The minimum absolute atomic E-state index is 0.0398. The zero-order valence-electron chi connectivity index (χ0n) is 15.4. The Bertz CT molecular complexity index is 974. The molecule has 1 aliphatic carbocycles. The first-order chi connectivity index (χ1) is 13.6. The summed E-state index contributed by atoms with van der Waals surface area (Å²) in [6.45, 7) is 1.82. The molecule has 2 aromatic carbocycles. The van der Waals surface area contributed by atoms with Gasteiger partial charge in [-0.25, -0.2) is 4.39 Å². The van der Waals surface area contributed by atoms with Gasteiger partial charge < -0.3 is 9.73 Å². The van der Waals surface area contributed by atoms with Crippen LogP contribution in [0.1, 0.15) is 36.9 Å². The molecule has 1 N–H and O–H groups in total. The molecule has 1 aromatic heterocycles. The standard InChI is InChI=1S/C21H20FN3O2S/c1-13(19(26)23-18-8-4-6-14-5-2-3-7-17(14)18)28-21-25-24-20(27-21)15-9-11-16(22)12-10-15/h2-3,5,7,9-13,18H,4,6,8H2,1H3,(H,23,26)/t13-,18+/m1/s1. The topological polar surface area (TPSA) is 68.0 Å². The minimum atomic E-state index is -0.379. The summed E-state index contributed by atoms with van der Waals surface area (Å²) in [5.74, 6) is -0.0861. The summed E-state index contributed by atoms with van der Waals surface area (Å²) < 4.78 is 18.7. The highest BCUT2D eigenvalue weighted by Crippen LogP contribution is 2.31. The van der Waals surface area contributed by atoms with Crippen LogP contribution in [-0.2, 0) is 11.2 Å². The molecule has 0 spiro atoms. The molecular weight excluding hydrogens is 377 g/mol. The van der Waals surface area contributed by atoms with E-state index in [2.05, 4.69) is 27.6 Å². The van der Waals surface area contributed by atoms with E-state index >= 15 is 0 Å². The van der Waals surface area contributed by atoms with E-state index in [0.717, 1.165) is 19.3 Å². The molecule has 144 valence electrons. The fourth-order valence-electron chi connectivity index (χ4n) is 3.36. The Balaban J connectivity index is 1.40. The highest BCUT2D eigenvalue weighted by atomic mass is 32.2. The molecule has 1 heterocycles. The van der Waals surface area contributed by atoms with Crippen LogP contribution in [0.4, 0.5) is 4.39 Å². The second kappa shape index (κ2) is 8.14. The number of amides is 1. The van der Waals surface area contributed by atoms with Crippen molar-refractivity contribution in [2.45, 2.75) is 42.7 Å². The van der Waals surface area contributed by atoms with Gasteiger partial charge in [-0.3, -0.25) is 4.79 Å². The number of halogens is 1. The van der Waals surface area contributed by atoms with E-state index in [4.69, 9.17) is 4.42 Å². The molecule has 5 nitrogen and oxygen atoms in total. The largest absolute Gasteiger partial charge is 0.411 e. The zero-order chi connectivity index (χ0) is 19.5. The summed E-state index contributed by atoms with van der Waals surface area (Å²) in [6.07, 6.45) is 3.06. The molecule has 7 heteroatoms. The summed E-state index contributed by atoms with van der Waals surface area (Å²) in [5.41, 5.74) is 3.15. The molecule has 2 atom stereocenters. The number of aromatic nitrogens is 2. The normalized spacial score (nSPS) is 17.0. The lowest BCUT2D eigenvalue weighted by atomic mass is 9.88. The summed E-state index contributed by atoms with van der Waals surface area (Å²) in [4.78, 5) is 12.7. The molecule has 1 amide bonds. The van der Waals surface area contributed by atoms with E-state index in [1.54, 1.807) is 12.1 Å². The minimum Gasteiger partial charge on any atom is -0.411 e. The summed E-state index contributed by atoms with van der Waals surface area (Å²) in [6, 6.07) is 14.1. The van der Waals surface area contributed by atoms with Gasteiger partial charge in [-0.1, -0.05) is 36.0 Å². The molecule has 1 aliphatic rings. The van der Waals surface area contributed by atoms with Crippen LogP contribution in [0.2, 0.25) is 0 Å². The van der Waals surface area contributed by atoms with Crippen molar-refractivity contribution in [1.29, 1.82) is 0 Å². The molecule has 0 unspecified atom stereocenters. The number of hydrogen-bond donors (Lipinski definition) is 1. The van der Waals surface area contributed by atoms with Crippen molar-refractivity contribution in [3.05, 3.63) is 65.5 Å². The number of nitrogens with zero attached hydrogens (tertiary/aromatic N) is 2. The van der Waals surface area contributed by atoms with Gasteiger partial charge >= 0.3 is 0 Å². The number of hydrogen-bond acceptors (Lipinski definition) is 5. The van der Waals surface area contributed by atoms with Crippen molar-refractivity contribution in [2.75, 3.05) is 0 Å². The van der Waals surface area contributed by atoms with Crippen LogP contribution in [0.15, 0.2) is 58.2 Å². The number of fused-ring (bicyclic) bond motifs is 1. The smallest absolute Gasteiger partial charge is 0.277 e. The van der Waals surface area contributed by atoms with Gasteiger partial charge in [-0.15, -0.1) is 10.2 Å². The lowest BCUT2D eigenvalue weighted by molar-refractivity contribution is -0.121. The van der Waals surface area contributed by atoms with E-state index in [-0.39, 0.29) is 23.0 Å². The zero-order valence-corrected chi connectivity index (χ0v) is 16.2. The molecule has 0 radical (unpaired) electrons. The first-order valence-corrected chi connectivity index (χ1v) is 10.1.